The van der Waals surface area contributed by atoms with E-state index in [2.05, 4.69) is 6.58 Å². The van der Waals surface area contributed by atoms with Crippen LogP contribution in [0, 0.1) is 0 Å². The van der Waals surface area contributed by atoms with Crippen molar-refractivity contribution in [2.45, 2.75) is 25.6 Å². The quantitative estimate of drug-likeness (QED) is 0.385. The Labute approximate surface area is 68.4 Å². The molecule has 0 aromatic rings. The van der Waals surface area contributed by atoms with Crippen molar-refractivity contribution in [1.29, 1.82) is 0 Å². The number of carbonyl (C=O) groups excluding carboxylic acids is 1. The Hall–Kier alpha value is -0.613. The number of esters is 1. The lowest BCUT2D eigenvalue weighted by Crippen LogP contribution is -2.31. The van der Waals surface area contributed by atoms with E-state index in [1.165, 1.54) is 0 Å². The van der Waals surface area contributed by atoms with Crippen LogP contribution in [0.25, 0.3) is 0 Å². The molecule has 0 aliphatic heterocycles. The van der Waals surface area contributed by atoms with Crippen molar-refractivity contribution < 1.29 is 14.3 Å². The van der Waals surface area contributed by atoms with E-state index in [0.717, 1.165) is 6.08 Å². The van der Waals surface area contributed by atoms with Crippen molar-refractivity contribution in [1.82, 2.24) is 0 Å². The van der Waals surface area contributed by atoms with Gasteiger partial charge in [0, 0.05) is 6.08 Å². The second-order valence-corrected chi connectivity index (χ2v) is 4.11. The van der Waals surface area contributed by atoms with Crippen molar-refractivity contribution in [3.8, 4) is 0 Å². The van der Waals surface area contributed by atoms with E-state index < -0.39 is 15.0 Å². The Morgan fingerprint density at radius 1 is 1.91 bits per heavy atom. The molecule has 0 rings (SSSR count). The van der Waals surface area contributed by atoms with E-state index in [1.54, 1.807) is 6.55 Å². The summed E-state index contributed by atoms with van der Waals surface area (Å²) in [4.78, 5) is 19.8. The molecule has 0 amide bonds. The lowest BCUT2D eigenvalue weighted by molar-refractivity contribution is -0.140. The standard InChI is InChI=1S/C7H13O3Si/c1-4-6(8)10-7(5-2)11(3)9/h4,7,9H,1,5H2,2-3H3. The van der Waals surface area contributed by atoms with Gasteiger partial charge in [-0.25, -0.2) is 4.79 Å². The minimum Gasteiger partial charge on any atom is -0.460 e. The van der Waals surface area contributed by atoms with Crippen LogP contribution >= 0.6 is 0 Å². The molecule has 0 aromatic heterocycles. The van der Waals surface area contributed by atoms with Crippen molar-refractivity contribution >= 4 is 15.0 Å². The first-order valence-corrected chi connectivity index (χ1v) is 5.49. The number of rotatable bonds is 4. The highest BCUT2D eigenvalue weighted by Gasteiger charge is 2.18. The van der Waals surface area contributed by atoms with Gasteiger partial charge in [0.05, 0.1) is 0 Å². The maximum Gasteiger partial charge on any atom is 0.330 e. The Balaban J connectivity index is 3.87. The average molecular weight is 173 g/mol. The number of hydrogen-bond donors (Lipinski definition) is 1. The molecule has 0 heterocycles. The molecule has 0 aliphatic rings. The summed E-state index contributed by atoms with van der Waals surface area (Å²) in [5.41, 5.74) is -0.314. The lowest BCUT2D eigenvalue weighted by Gasteiger charge is -2.15. The largest absolute Gasteiger partial charge is 0.460 e. The van der Waals surface area contributed by atoms with Gasteiger partial charge in [0.25, 0.3) is 0 Å². The molecule has 0 spiro atoms. The highest BCUT2D eigenvalue weighted by molar-refractivity contribution is 6.50. The van der Waals surface area contributed by atoms with Crippen LogP contribution in [0.5, 0.6) is 0 Å². The first kappa shape index (κ1) is 10.4. The topological polar surface area (TPSA) is 46.5 Å². The van der Waals surface area contributed by atoms with Crippen LogP contribution in [-0.4, -0.2) is 25.5 Å². The maximum absolute atomic E-state index is 10.7. The molecule has 1 radical (unpaired) electrons. The van der Waals surface area contributed by atoms with Gasteiger partial charge in [0.1, 0.15) is 5.73 Å². The molecule has 1 unspecified atom stereocenters. The van der Waals surface area contributed by atoms with E-state index in [-0.39, 0.29) is 5.73 Å². The summed E-state index contributed by atoms with van der Waals surface area (Å²) in [5.74, 6) is -0.463. The number of carbonyl (C=O) groups is 1. The Morgan fingerprint density at radius 2 is 2.45 bits per heavy atom. The molecular formula is C7H13O3Si. The van der Waals surface area contributed by atoms with Gasteiger partial charge in [-0.3, -0.25) is 0 Å². The Morgan fingerprint density at radius 3 is 2.73 bits per heavy atom. The van der Waals surface area contributed by atoms with Crippen LogP contribution in [0.4, 0.5) is 0 Å². The van der Waals surface area contributed by atoms with E-state index in [9.17, 15) is 4.79 Å². The van der Waals surface area contributed by atoms with Gasteiger partial charge in [-0.2, -0.15) is 0 Å². The maximum atomic E-state index is 10.7. The van der Waals surface area contributed by atoms with Crippen LogP contribution < -0.4 is 0 Å². The molecule has 4 heteroatoms. The Bertz CT molecular complexity index is 145. The van der Waals surface area contributed by atoms with E-state index >= 15 is 0 Å². The first-order valence-electron chi connectivity index (χ1n) is 3.47. The zero-order chi connectivity index (χ0) is 8.85. The normalized spacial score (nSPS) is 12.7. The van der Waals surface area contributed by atoms with Crippen LogP contribution in [0.15, 0.2) is 12.7 Å². The third kappa shape index (κ3) is 3.95. The van der Waals surface area contributed by atoms with Gasteiger partial charge >= 0.3 is 5.97 Å². The van der Waals surface area contributed by atoms with E-state index in [1.807, 2.05) is 6.92 Å². The molecule has 0 aromatic carbocycles. The summed E-state index contributed by atoms with van der Waals surface area (Å²) in [6, 6.07) is 0. The smallest absolute Gasteiger partial charge is 0.330 e. The zero-order valence-electron chi connectivity index (χ0n) is 6.83. The second-order valence-electron chi connectivity index (χ2n) is 2.18. The summed E-state index contributed by atoms with van der Waals surface area (Å²) in [5, 5.41) is 0. The van der Waals surface area contributed by atoms with E-state index in [4.69, 9.17) is 9.53 Å². The Kier molecular flexibility index (Phi) is 4.81. The number of hydrogen-bond acceptors (Lipinski definition) is 3. The average Bonchev–Trinajstić information content (AvgIpc) is 1.99. The molecule has 0 aliphatic carbocycles. The molecule has 3 nitrogen and oxygen atoms in total. The van der Waals surface area contributed by atoms with Gasteiger partial charge in [0.2, 0.25) is 9.04 Å². The van der Waals surface area contributed by atoms with Crippen LogP contribution in [0.1, 0.15) is 13.3 Å². The monoisotopic (exact) mass is 173 g/mol. The number of ether oxygens (including phenoxy) is 1. The third-order valence-electron chi connectivity index (χ3n) is 1.26. The third-order valence-corrected chi connectivity index (χ3v) is 2.72. The lowest BCUT2D eigenvalue weighted by atomic mass is 10.5. The van der Waals surface area contributed by atoms with Gasteiger partial charge in [-0.15, -0.1) is 0 Å². The minimum absolute atomic E-state index is 0.314. The second kappa shape index (κ2) is 5.09. The predicted octanol–water partition coefficient (Wildman–Crippen LogP) is 0.647. The highest BCUT2D eigenvalue weighted by Crippen LogP contribution is 2.01. The molecule has 0 saturated heterocycles. The van der Waals surface area contributed by atoms with Crippen LogP contribution in [0.3, 0.4) is 0 Å². The van der Waals surface area contributed by atoms with Gasteiger partial charge in [0.15, 0.2) is 0 Å². The highest BCUT2D eigenvalue weighted by atomic mass is 28.3. The van der Waals surface area contributed by atoms with Crippen molar-refractivity contribution in [2.24, 2.45) is 0 Å². The fourth-order valence-corrected chi connectivity index (χ4v) is 1.53. The molecule has 1 atom stereocenters. The summed E-state index contributed by atoms with van der Waals surface area (Å²) in [6.07, 6.45) is 1.76. The molecule has 11 heavy (non-hydrogen) atoms. The van der Waals surface area contributed by atoms with Crippen LogP contribution in [-0.2, 0) is 9.53 Å². The van der Waals surface area contributed by atoms with Crippen LogP contribution in [0.2, 0.25) is 6.55 Å². The predicted molar refractivity (Wildman–Crippen MR) is 44.2 cm³/mol. The summed E-state index contributed by atoms with van der Waals surface area (Å²) < 4.78 is 4.85. The molecule has 0 fully saturated rings. The van der Waals surface area contributed by atoms with Crippen molar-refractivity contribution in [3.05, 3.63) is 12.7 Å². The molecule has 0 saturated carbocycles. The SMILES string of the molecule is C=CC(=O)OC(CC)[Si](C)O. The van der Waals surface area contributed by atoms with Crippen molar-refractivity contribution in [3.63, 3.8) is 0 Å². The minimum atomic E-state index is -1.52. The molecule has 0 bridgehead atoms. The van der Waals surface area contributed by atoms with Gasteiger partial charge < -0.3 is 9.53 Å². The van der Waals surface area contributed by atoms with Crippen molar-refractivity contribution in [2.75, 3.05) is 0 Å². The summed E-state index contributed by atoms with van der Waals surface area (Å²) in [7, 11) is -1.52. The first-order chi connectivity index (χ1) is 5.11. The molecule has 63 valence electrons. The molecular weight excluding hydrogens is 160 g/mol. The summed E-state index contributed by atoms with van der Waals surface area (Å²) >= 11 is 0. The molecule has 1 N–H and O–H groups in total. The zero-order valence-corrected chi connectivity index (χ0v) is 7.83. The fraction of sp³-hybridized carbons (Fsp3) is 0.571. The van der Waals surface area contributed by atoms with E-state index in [0.29, 0.717) is 6.42 Å². The summed E-state index contributed by atoms with van der Waals surface area (Å²) in [6.45, 7) is 6.82. The van der Waals surface area contributed by atoms with Gasteiger partial charge in [-0.1, -0.05) is 13.5 Å². The van der Waals surface area contributed by atoms with Gasteiger partial charge in [-0.05, 0) is 13.0 Å². The fourth-order valence-electron chi connectivity index (χ4n) is 0.652.